The number of aromatic carboxylic acids is 1. The van der Waals surface area contributed by atoms with Crippen LogP contribution in [0.3, 0.4) is 0 Å². The minimum absolute atomic E-state index is 0.0145. The lowest BCUT2D eigenvalue weighted by Crippen LogP contribution is -2.10. The van der Waals surface area contributed by atoms with Crippen LogP contribution in [-0.4, -0.2) is 27.7 Å². The normalized spacial score (nSPS) is 15.0. The number of hydrogen-bond acceptors (Lipinski definition) is 4. The van der Waals surface area contributed by atoms with Gasteiger partial charge in [0.2, 0.25) is 5.88 Å². The quantitative estimate of drug-likeness (QED) is 0.847. The molecule has 0 bridgehead atoms. The molecule has 0 aliphatic heterocycles. The molecule has 92 valence electrons. The molecule has 0 unspecified atom stereocenters. The number of rotatable bonds is 5. The molecule has 1 fully saturated rings. The van der Waals surface area contributed by atoms with Gasteiger partial charge in [-0.15, -0.1) is 0 Å². The highest BCUT2D eigenvalue weighted by atomic mass is 16.5. The van der Waals surface area contributed by atoms with Crippen LogP contribution in [0.5, 0.6) is 5.88 Å². The first-order chi connectivity index (χ1) is 8.06. The minimum atomic E-state index is -1.04. The van der Waals surface area contributed by atoms with E-state index in [1.807, 2.05) is 13.8 Å². The summed E-state index contributed by atoms with van der Waals surface area (Å²) in [6, 6.07) is 1.39. The fourth-order valence-electron chi connectivity index (χ4n) is 1.40. The fourth-order valence-corrected chi connectivity index (χ4v) is 1.40. The molecule has 1 aromatic rings. The van der Waals surface area contributed by atoms with Crippen molar-refractivity contribution >= 4 is 5.97 Å². The van der Waals surface area contributed by atoms with Gasteiger partial charge in [-0.2, -0.15) is 4.98 Å². The molecule has 0 radical (unpaired) electrons. The van der Waals surface area contributed by atoms with Crippen LogP contribution in [0.2, 0.25) is 0 Å². The Hall–Kier alpha value is -1.65. The first-order valence-corrected chi connectivity index (χ1v) is 5.81. The van der Waals surface area contributed by atoms with Crippen LogP contribution in [0, 0.1) is 5.92 Å². The van der Waals surface area contributed by atoms with E-state index in [4.69, 9.17) is 9.84 Å². The molecule has 1 aromatic heterocycles. The van der Waals surface area contributed by atoms with E-state index in [2.05, 4.69) is 9.97 Å². The van der Waals surface area contributed by atoms with Gasteiger partial charge in [0.25, 0.3) is 0 Å². The molecule has 0 saturated heterocycles. The second kappa shape index (κ2) is 4.69. The maximum atomic E-state index is 10.9. The largest absolute Gasteiger partial charge is 0.477 e. The molecule has 0 spiro atoms. The summed E-state index contributed by atoms with van der Waals surface area (Å²) < 4.78 is 5.46. The van der Waals surface area contributed by atoms with Crippen molar-refractivity contribution < 1.29 is 14.6 Å². The molecule has 17 heavy (non-hydrogen) atoms. The molecule has 0 aromatic carbocycles. The van der Waals surface area contributed by atoms with E-state index < -0.39 is 5.97 Å². The predicted molar refractivity (Wildman–Crippen MR) is 61.3 cm³/mol. The molecule has 1 heterocycles. The Labute approximate surface area is 99.9 Å². The van der Waals surface area contributed by atoms with Crippen molar-refractivity contribution in [3.8, 4) is 5.88 Å². The molecule has 5 heteroatoms. The smallest absolute Gasteiger partial charge is 0.354 e. The molecular formula is C12H16N2O3. The van der Waals surface area contributed by atoms with Crippen LogP contribution >= 0.6 is 0 Å². The lowest BCUT2D eigenvalue weighted by molar-refractivity contribution is 0.0689. The predicted octanol–water partition coefficient (Wildman–Crippen LogP) is 2.09. The third kappa shape index (κ3) is 3.15. The molecule has 1 saturated carbocycles. The van der Waals surface area contributed by atoms with E-state index in [0.29, 0.717) is 30.1 Å². The highest BCUT2D eigenvalue weighted by molar-refractivity contribution is 5.85. The van der Waals surface area contributed by atoms with Crippen LogP contribution in [0.4, 0.5) is 0 Å². The van der Waals surface area contributed by atoms with Crippen LogP contribution < -0.4 is 4.74 Å². The van der Waals surface area contributed by atoms with Crippen molar-refractivity contribution in [2.24, 2.45) is 5.92 Å². The molecule has 0 amide bonds. The number of carboxylic acid groups (broad SMARTS) is 1. The van der Waals surface area contributed by atoms with Crippen LogP contribution in [0.15, 0.2) is 6.07 Å². The van der Waals surface area contributed by atoms with Gasteiger partial charge in [0.05, 0.1) is 6.61 Å². The van der Waals surface area contributed by atoms with E-state index in [9.17, 15) is 4.79 Å². The second-order valence-corrected chi connectivity index (χ2v) is 4.73. The molecule has 5 nitrogen and oxygen atoms in total. The summed E-state index contributed by atoms with van der Waals surface area (Å²) in [6.45, 7) is 4.59. The first kappa shape index (κ1) is 11.8. The monoisotopic (exact) mass is 236 g/mol. The standard InChI is InChI=1S/C12H16N2O3/c1-7(2)6-17-10-5-9(12(15)16)13-11(14-10)8-3-4-8/h5,7-8H,3-4,6H2,1-2H3,(H,15,16). The number of ether oxygens (including phenoxy) is 1. The molecular weight excluding hydrogens is 220 g/mol. The van der Waals surface area contributed by atoms with Gasteiger partial charge in [-0.25, -0.2) is 9.78 Å². The summed E-state index contributed by atoms with van der Waals surface area (Å²) in [5, 5.41) is 8.97. The van der Waals surface area contributed by atoms with Crippen molar-refractivity contribution in [1.82, 2.24) is 9.97 Å². The third-order valence-corrected chi connectivity index (χ3v) is 2.45. The van der Waals surface area contributed by atoms with E-state index in [0.717, 1.165) is 12.8 Å². The maximum absolute atomic E-state index is 10.9. The Morgan fingerprint density at radius 1 is 1.53 bits per heavy atom. The molecule has 0 atom stereocenters. The highest BCUT2D eigenvalue weighted by Crippen LogP contribution is 2.38. The second-order valence-electron chi connectivity index (χ2n) is 4.73. The summed E-state index contributed by atoms with van der Waals surface area (Å²) in [5.74, 6) is 0.624. The van der Waals surface area contributed by atoms with Gasteiger partial charge >= 0.3 is 5.97 Å². The molecule has 1 aliphatic rings. The summed E-state index contributed by atoms with van der Waals surface area (Å²) in [4.78, 5) is 19.2. The summed E-state index contributed by atoms with van der Waals surface area (Å²) in [5.41, 5.74) is 0.0145. The Kier molecular flexibility index (Phi) is 3.26. The fraction of sp³-hybridized carbons (Fsp3) is 0.583. The van der Waals surface area contributed by atoms with Crippen molar-refractivity contribution in [1.29, 1.82) is 0 Å². The Morgan fingerprint density at radius 2 is 2.24 bits per heavy atom. The van der Waals surface area contributed by atoms with E-state index in [1.165, 1.54) is 6.07 Å². The summed E-state index contributed by atoms with van der Waals surface area (Å²) in [7, 11) is 0. The van der Waals surface area contributed by atoms with Crippen molar-refractivity contribution in [2.75, 3.05) is 6.61 Å². The van der Waals surface area contributed by atoms with Crippen molar-refractivity contribution in [2.45, 2.75) is 32.6 Å². The Balaban J connectivity index is 2.21. The van der Waals surface area contributed by atoms with Gasteiger partial charge in [0.15, 0.2) is 5.69 Å². The third-order valence-electron chi connectivity index (χ3n) is 2.45. The van der Waals surface area contributed by atoms with E-state index in [-0.39, 0.29) is 5.69 Å². The molecule has 2 rings (SSSR count). The summed E-state index contributed by atoms with van der Waals surface area (Å²) in [6.07, 6.45) is 2.07. The first-order valence-electron chi connectivity index (χ1n) is 5.81. The number of nitrogens with zero attached hydrogens (tertiary/aromatic N) is 2. The molecule has 1 aliphatic carbocycles. The number of carbonyl (C=O) groups is 1. The number of hydrogen-bond donors (Lipinski definition) is 1. The average Bonchev–Trinajstić information content (AvgIpc) is 3.09. The Bertz CT molecular complexity index is 428. The van der Waals surface area contributed by atoms with Crippen LogP contribution in [0.1, 0.15) is 48.9 Å². The van der Waals surface area contributed by atoms with Crippen LogP contribution in [0.25, 0.3) is 0 Å². The van der Waals surface area contributed by atoms with Crippen molar-refractivity contribution in [3.05, 3.63) is 17.6 Å². The van der Waals surface area contributed by atoms with Gasteiger partial charge in [0, 0.05) is 12.0 Å². The van der Waals surface area contributed by atoms with Gasteiger partial charge in [0.1, 0.15) is 5.82 Å². The lowest BCUT2D eigenvalue weighted by Gasteiger charge is -2.09. The highest BCUT2D eigenvalue weighted by Gasteiger charge is 2.28. The van der Waals surface area contributed by atoms with Gasteiger partial charge in [-0.3, -0.25) is 0 Å². The van der Waals surface area contributed by atoms with Gasteiger partial charge < -0.3 is 9.84 Å². The molecule has 1 N–H and O–H groups in total. The summed E-state index contributed by atoms with van der Waals surface area (Å²) >= 11 is 0. The van der Waals surface area contributed by atoms with Gasteiger partial charge in [-0.1, -0.05) is 13.8 Å². The number of carboxylic acids is 1. The average molecular weight is 236 g/mol. The van der Waals surface area contributed by atoms with E-state index >= 15 is 0 Å². The lowest BCUT2D eigenvalue weighted by atomic mass is 10.2. The SMILES string of the molecule is CC(C)COc1cc(C(=O)O)nc(C2CC2)n1. The zero-order chi connectivity index (χ0) is 12.4. The topological polar surface area (TPSA) is 72.3 Å². The van der Waals surface area contributed by atoms with Crippen molar-refractivity contribution in [3.63, 3.8) is 0 Å². The zero-order valence-corrected chi connectivity index (χ0v) is 10.0. The van der Waals surface area contributed by atoms with Gasteiger partial charge in [-0.05, 0) is 18.8 Å². The van der Waals surface area contributed by atoms with E-state index in [1.54, 1.807) is 0 Å². The van der Waals surface area contributed by atoms with Crippen LogP contribution in [-0.2, 0) is 0 Å². The maximum Gasteiger partial charge on any atom is 0.354 e. The Morgan fingerprint density at radius 3 is 2.76 bits per heavy atom. The zero-order valence-electron chi connectivity index (χ0n) is 10.0. The minimum Gasteiger partial charge on any atom is -0.477 e. The number of aromatic nitrogens is 2.